The van der Waals surface area contributed by atoms with Crippen LogP contribution in [0.2, 0.25) is 0 Å². The van der Waals surface area contributed by atoms with Crippen LogP contribution in [0, 0.1) is 23.0 Å². The van der Waals surface area contributed by atoms with Gasteiger partial charge in [0.15, 0.2) is 0 Å². The first-order valence-corrected chi connectivity index (χ1v) is 5.91. The highest BCUT2D eigenvalue weighted by Gasteiger charge is 2.23. The van der Waals surface area contributed by atoms with Crippen molar-refractivity contribution in [3.63, 3.8) is 0 Å². The van der Waals surface area contributed by atoms with E-state index in [4.69, 9.17) is 5.11 Å². The number of nitro groups is 1. The maximum absolute atomic E-state index is 11.1. The molecule has 0 unspecified atom stereocenters. The van der Waals surface area contributed by atoms with E-state index in [1.807, 2.05) is 13.8 Å². The van der Waals surface area contributed by atoms with Crippen LogP contribution in [0.25, 0.3) is 0 Å². The lowest BCUT2D eigenvalue weighted by Crippen LogP contribution is -2.31. The van der Waals surface area contributed by atoms with Crippen LogP contribution in [-0.4, -0.2) is 27.0 Å². The van der Waals surface area contributed by atoms with Gasteiger partial charge in [-0.2, -0.15) is 0 Å². The molecule has 0 fully saturated rings. The third-order valence-electron chi connectivity index (χ3n) is 2.52. The maximum atomic E-state index is 11.1. The smallest absolute Gasteiger partial charge is 0.326 e. The largest absolute Gasteiger partial charge is 0.480 e. The Balaban J connectivity index is 3.02. The van der Waals surface area contributed by atoms with Gasteiger partial charge in [-0.1, -0.05) is 13.8 Å². The molecule has 0 aliphatic rings. The second-order valence-electron chi connectivity index (χ2n) is 4.80. The van der Waals surface area contributed by atoms with Gasteiger partial charge in [0, 0.05) is 12.3 Å². The number of pyridine rings is 1. The zero-order valence-electron chi connectivity index (χ0n) is 11.1. The van der Waals surface area contributed by atoms with Crippen molar-refractivity contribution < 1.29 is 14.8 Å². The van der Waals surface area contributed by atoms with E-state index in [1.165, 1.54) is 12.3 Å². The Kier molecular flexibility index (Phi) is 4.80. The number of hydrogen-bond donors (Lipinski definition) is 2. The topological polar surface area (TPSA) is 105 Å². The first kappa shape index (κ1) is 14.9. The van der Waals surface area contributed by atoms with Crippen molar-refractivity contribution in [2.75, 3.05) is 5.32 Å². The van der Waals surface area contributed by atoms with Crippen molar-refractivity contribution in [3.05, 3.63) is 27.9 Å². The number of aromatic nitrogens is 1. The quantitative estimate of drug-likeness (QED) is 0.604. The number of anilines is 1. The summed E-state index contributed by atoms with van der Waals surface area (Å²) in [7, 11) is 0. The summed E-state index contributed by atoms with van der Waals surface area (Å²) in [6.45, 7) is 5.45. The lowest BCUT2D eigenvalue weighted by atomic mass is 10.0. The predicted molar refractivity (Wildman–Crippen MR) is 70.1 cm³/mol. The summed E-state index contributed by atoms with van der Waals surface area (Å²) in [6, 6.07) is 0.470. The molecule has 7 nitrogen and oxygen atoms in total. The average molecular weight is 267 g/mol. The van der Waals surface area contributed by atoms with Gasteiger partial charge in [-0.05, 0) is 24.8 Å². The number of nitrogens with one attached hydrogen (secondary N) is 1. The van der Waals surface area contributed by atoms with Crippen molar-refractivity contribution in [3.8, 4) is 0 Å². The number of carboxylic acids is 1. The molecule has 1 rings (SSSR count). The Morgan fingerprint density at radius 1 is 1.58 bits per heavy atom. The molecule has 0 aliphatic heterocycles. The summed E-state index contributed by atoms with van der Waals surface area (Å²) < 4.78 is 0. The van der Waals surface area contributed by atoms with Crippen LogP contribution in [0.5, 0.6) is 0 Å². The number of aryl methyl sites for hydroxylation is 1. The van der Waals surface area contributed by atoms with E-state index < -0.39 is 16.9 Å². The fraction of sp³-hybridized carbons (Fsp3) is 0.500. The standard InChI is InChI=1S/C12H17N3O4/c1-7(2)4-9(12(16)17)14-11-10(15(18)19)5-8(3)6-13-11/h5-7,9H,4H2,1-3H3,(H,13,14)(H,16,17)/t9-/m0/s1. The van der Waals surface area contributed by atoms with E-state index >= 15 is 0 Å². The maximum Gasteiger partial charge on any atom is 0.326 e. The summed E-state index contributed by atoms with van der Waals surface area (Å²) in [5.41, 5.74) is 0.433. The molecule has 0 saturated carbocycles. The van der Waals surface area contributed by atoms with Crippen LogP contribution < -0.4 is 5.32 Å². The van der Waals surface area contributed by atoms with Crippen molar-refractivity contribution in [2.24, 2.45) is 5.92 Å². The minimum absolute atomic E-state index is 0.0105. The van der Waals surface area contributed by atoms with Gasteiger partial charge in [0.2, 0.25) is 5.82 Å². The fourth-order valence-electron chi connectivity index (χ4n) is 1.66. The molecule has 0 radical (unpaired) electrons. The van der Waals surface area contributed by atoms with Gasteiger partial charge in [0.1, 0.15) is 6.04 Å². The molecule has 1 aromatic rings. The third kappa shape index (κ3) is 4.20. The Morgan fingerprint density at radius 3 is 2.68 bits per heavy atom. The third-order valence-corrected chi connectivity index (χ3v) is 2.52. The molecule has 0 aromatic carbocycles. The van der Waals surface area contributed by atoms with Crippen molar-refractivity contribution in [1.82, 2.24) is 4.98 Å². The highest BCUT2D eigenvalue weighted by molar-refractivity contribution is 5.78. The minimum atomic E-state index is -1.05. The number of rotatable bonds is 6. The molecule has 0 aliphatic carbocycles. The van der Waals surface area contributed by atoms with Crippen LogP contribution in [0.4, 0.5) is 11.5 Å². The highest BCUT2D eigenvalue weighted by Crippen LogP contribution is 2.24. The molecule has 0 spiro atoms. The lowest BCUT2D eigenvalue weighted by molar-refractivity contribution is -0.384. The number of hydrogen-bond acceptors (Lipinski definition) is 5. The Labute approximate surface area is 110 Å². The molecular formula is C12H17N3O4. The van der Waals surface area contributed by atoms with E-state index in [2.05, 4.69) is 10.3 Å². The molecule has 0 amide bonds. The molecule has 1 aromatic heterocycles. The number of aliphatic carboxylic acids is 1. The Hall–Kier alpha value is -2.18. The molecule has 1 atom stereocenters. The molecule has 2 N–H and O–H groups in total. The van der Waals surface area contributed by atoms with Crippen molar-refractivity contribution >= 4 is 17.5 Å². The summed E-state index contributed by atoms with van der Waals surface area (Å²) in [5, 5.41) is 22.7. The van der Waals surface area contributed by atoms with Gasteiger partial charge in [-0.15, -0.1) is 0 Å². The van der Waals surface area contributed by atoms with Gasteiger partial charge in [0.05, 0.1) is 4.92 Å². The zero-order chi connectivity index (χ0) is 14.6. The van der Waals surface area contributed by atoms with E-state index in [0.29, 0.717) is 12.0 Å². The lowest BCUT2D eigenvalue weighted by Gasteiger charge is -2.16. The highest BCUT2D eigenvalue weighted by atomic mass is 16.6. The minimum Gasteiger partial charge on any atom is -0.480 e. The Bertz CT molecular complexity index is 488. The van der Waals surface area contributed by atoms with Crippen LogP contribution in [0.1, 0.15) is 25.8 Å². The van der Waals surface area contributed by atoms with E-state index in [0.717, 1.165) is 0 Å². The average Bonchev–Trinajstić information content (AvgIpc) is 2.29. The second-order valence-corrected chi connectivity index (χ2v) is 4.80. The molecule has 104 valence electrons. The second kappa shape index (κ2) is 6.12. The molecule has 19 heavy (non-hydrogen) atoms. The monoisotopic (exact) mass is 267 g/mol. The van der Waals surface area contributed by atoms with E-state index in [-0.39, 0.29) is 17.4 Å². The summed E-state index contributed by atoms with van der Waals surface area (Å²) in [5.74, 6) is -0.910. The molecule has 0 saturated heterocycles. The molecule has 7 heteroatoms. The normalized spacial score (nSPS) is 12.2. The molecular weight excluding hydrogens is 250 g/mol. The van der Waals surface area contributed by atoms with Gasteiger partial charge < -0.3 is 10.4 Å². The van der Waals surface area contributed by atoms with Crippen LogP contribution in [-0.2, 0) is 4.79 Å². The number of carbonyl (C=O) groups is 1. The van der Waals surface area contributed by atoms with Gasteiger partial charge in [0.25, 0.3) is 0 Å². The van der Waals surface area contributed by atoms with Gasteiger partial charge >= 0.3 is 11.7 Å². The van der Waals surface area contributed by atoms with E-state index in [9.17, 15) is 14.9 Å². The summed E-state index contributed by atoms with van der Waals surface area (Å²) in [6.07, 6.45) is 1.83. The fourth-order valence-corrected chi connectivity index (χ4v) is 1.66. The first-order valence-electron chi connectivity index (χ1n) is 5.91. The summed E-state index contributed by atoms with van der Waals surface area (Å²) in [4.78, 5) is 25.4. The summed E-state index contributed by atoms with van der Waals surface area (Å²) >= 11 is 0. The number of carboxylic acid groups (broad SMARTS) is 1. The van der Waals surface area contributed by atoms with E-state index in [1.54, 1.807) is 6.92 Å². The number of nitrogens with zero attached hydrogens (tertiary/aromatic N) is 2. The van der Waals surface area contributed by atoms with Gasteiger partial charge in [-0.3, -0.25) is 10.1 Å². The Morgan fingerprint density at radius 2 is 2.21 bits per heavy atom. The van der Waals surface area contributed by atoms with Crippen molar-refractivity contribution in [2.45, 2.75) is 33.2 Å². The SMILES string of the molecule is Cc1cnc(N[C@@H](CC(C)C)C(=O)O)c([N+](=O)[O-])c1. The van der Waals surface area contributed by atoms with Gasteiger partial charge in [-0.25, -0.2) is 9.78 Å². The van der Waals surface area contributed by atoms with Crippen LogP contribution in [0.3, 0.4) is 0 Å². The molecule has 1 heterocycles. The zero-order valence-corrected chi connectivity index (χ0v) is 11.1. The van der Waals surface area contributed by atoms with Crippen molar-refractivity contribution in [1.29, 1.82) is 0 Å². The predicted octanol–water partition coefficient (Wildman–Crippen LogP) is 2.21. The first-order chi connectivity index (χ1) is 8.81. The van der Waals surface area contributed by atoms with Crippen LogP contribution in [0.15, 0.2) is 12.3 Å². The van der Waals surface area contributed by atoms with Crippen LogP contribution >= 0.6 is 0 Å². The molecule has 0 bridgehead atoms.